The monoisotopic (exact) mass is 486 g/mol. The number of rotatable bonds is 4. The van der Waals surface area contributed by atoms with Crippen molar-refractivity contribution in [3.05, 3.63) is 47.0 Å². The molecule has 1 aliphatic heterocycles. The summed E-state index contributed by atoms with van der Waals surface area (Å²) < 4.78 is 29.6. The number of fused-ring (bicyclic) bond motifs is 3. The molecule has 1 amide bonds. The van der Waals surface area contributed by atoms with Gasteiger partial charge in [-0.25, -0.2) is 18.4 Å². The van der Waals surface area contributed by atoms with Crippen LogP contribution in [0.1, 0.15) is 41.6 Å². The summed E-state index contributed by atoms with van der Waals surface area (Å²) in [5, 5.41) is 4.33. The molecular formula is C22H22N4O3S3. The summed E-state index contributed by atoms with van der Waals surface area (Å²) in [6.45, 7) is 4.45. The average molecular weight is 487 g/mol. The number of piperidine rings is 1. The maximum Gasteiger partial charge on any atom is 0.257 e. The number of sulfonamides is 1. The van der Waals surface area contributed by atoms with E-state index in [2.05, 4.69) is 15.3 Å². The highest BCUT2D eigenvalue weighted by Gasteiger charge is 2.31. The lowest BCUT2D eigenvalue weighted by atomic mass is 10.1. The Balaban J connectivity index is 1.36. The first-order chi connectivity index (χ1) is 15.3. The molecule has 0 unspecified atom stereocenters. The third kappa shape index (κ3) is 3.81. The number of carbonyl (C=O) groups is 1. The number of aryl methyl sites for hydroxylation is 1. The second-order valence-electron chi connectivity index (χ2n) is 7.95. The number of carbonyl (C=O) groups excluding carboxylic acids is 1. The minimum atomic E-state index is -3.56. The van der Waals surface area contributed by atoms with Gasteiger partial charge in [-0.3, -0.25) is 10.1 Å². The Hall–Kier alpha value is -2.40. The standard InChI is InChI=1S/C22H22N4O3S3/c1-13-5-3-4-12-26(13)32(28,29)16-8-6-15(7-9-16)21(27)25-22-24-18-11-10-17-19(20(18)31-22)30-14(2)23-17/h6-11,13H,3-5,12H2,1-2H3,(H,24,25,27)/t13-/m0/s1. The van der Waals surface area contributed by atoms with Crippen LogP contribution in [0.3, 0.4) is 0 Å². The Kier molecular flexibility index (Phi) is 5.48. The molecule has 1 aliphatic rings. The highest BCUT2D eigenvalue weighted by Crippen LogP contribution is 2.36. The zero-order valence-corrected chi connectivity index (χ0v) is 20.1. The molecule has 4 aromatic rings. The van der Waals surface area contributed by atoms with E-state index in [4.69, 9.17) is 0 Å². The highest BCUT2D eigenvalue weighted by atomic mass is 32.2. The molecule has 3 heterocycles. The number of nitrogens with one attached hydrogen (secondary N) is 1. The number of hydrogen-bond donors (Lipinski definition) is 1. The van der Waals surface area contributed by atoms with Crippen molar-refractivity contribution in [3.8, 4) is 0 Å². The van der Waals surface area contributed by atoms with E-state index in [-0.39, 0.29) is 16.8 Å². The lowest BCUT2D eigenvalue weighted by Gasteiger charge is -2.32. The number of hydrogen-bond acceptors (Lipinski definition) is 7. The van der Waals surface area contributed by atoms with Gasteiger partial charge in [0.1, 0.15) is 0 Å². The van der Waals surface area contributed by atoms with Gasteiger partial charge in [-0.2, -0.15) is 4.31 Å². The minimum absolute atomic E-state index is 0.00967. The number of nitrogens with zero attached hydrogens (tertiary/aromatic N) is 3. The van der Waals surface area contributed by atoms with E-state index >= 15 is 0 Å². The molecule has 1 N–H and O–H groups in total. The van der Waals surface area contributed by atoms with Gasteiger partial charge >= 0.3 is 0 Å². The van der Waals surface area contributed by atoms with Gasteiger partial charge in [-0.05, 0) is 63.1 Å². The molecule has 0 spiro atoms. The van der Waals surface area contributed by atoms with Crippen molar-refractivity contribution in [1.82, 2.24) is 14.3 Å². The highest BCUT2D eigenvalue weighted by molar-refractivity contribution is 7.89. The van der Waals surface area contributed by atoms with Crippen molar-refractivity contribution in [1.29, 1.82) is 0 Å². The van der Waals surface area contributed by atoms with Crippen molar-refractivity contribution in [2.24, 2.45) is 0 Å². The summed E-state index contributed by atoms with van der Waals surface area (Å²) in [6.07, 6.45) is 2.79. The molecular weight excluding hydrogens is 464 g/mol. The fraction of sp³-hybridized carbons (Fsp3) is 0.318. The lowest BCUT2D eigenvalue weighted by Crippen LogP contribution is -2.41. The van der Waals surface area contributed by atoms with Crippen molar-refractivity contribution in [2.75, 3.05) is 11.9 Å². The first kappa shape index (κ1) is 21.4. The SMILES string of the molecule is Cc1nc2ccc3nc(NC(=O)c4ccc(S(=O)(=O)N5CCCC[C@@H]5C)cc4)sc3c2s1. The van der Waals surface area contributed by atoms with E-state index in [0.29, 0.717) is 17.2 Å². The Bertz CT molecular complexity index is 1420. The smallest absolute Gasteiger partial charge is 0.257 e. The van der Waals surface area contributed by atoms with E-state index in [1.807, 2.05) is 26.0 Å². The molecule has 32 heavy (non-hydrogen) atoms. The molecule has 2 aromatic carbocycles. The van der Waals surface area contributed by atoms with Crippen LogP contribution >= 0.6 is 22.7 Å². The number of aromatic nitrogens is 2. The van der Waals surface area contributed by atoms with Crippen molar-refractivity contribution in [2.45, 2.75) is 44.0 Å². The van der Waals surface area contributed by atoms with E-state index < -0.39 is 10.0 Å². The summed E-state index contributed by atoms with van der Waals surface area (Å²) >= 11 is 3.03. The van der Waals surface area contributed by atoms with Gasteiger partial charge in [0.25, 0.3) is 5.91 Å². The largest absolute Gasteiger partial charge is 0.298 e. The molecule has 0 bridgehead atoms. The second-order valence-corrected chi connectivity index (χ2v) is 12.0. The Labute approximate surface area is 194 Å². The van der Waals surface area contributed by atoms with Crippen molar-refractivity contribution in [3.63, 3.8) is 0 Å². The molecule has 0 radical (unpaired) electrons. The third-order valence-electron chi connectivity index (χ3n) is 5.70. The average Bonchev–Trinajstić information content (AvgIpc) is 3.36. The Morgan fingerprint density at radius 2 is 1.72 bits per heavy atom. The minimum Gasteiger partial charge on any atom is -0.298 e. The molecule has 2 aromatic heterocycles. The third-order valence-corrected chi connectivity index (χ3v) is 9.87. The quantitative estimate of drug-likeness (QED) is 0.437. The molecule has 10 heteroatoms. The summed E-state index contributed by atoms with van der Waals surface area (Å²) in [4.78, 5) is 22.0. The molecule has 1 fully saturated rings. The second kappa shape index (κ2) is 8.18. The molecule has 0 saturated carbocycles. The van der Waals surface area contributed by atoms with E-state index in [9.17, 15) is 13.2 Å². The van der Waals surface area contributed by atoms with Gasteiger partial charge < -0.3 is 0 Å². The number of amides is 1. The molecule has 7 nitrogen and oxygen atoms in total. The summed E-state index contributed by atoms with van der Waals surface area (Å²) in [7, 11) is -3.56. The van der Waals surface area contributed by atoms with Crippen LogP contribution in [0.5, 0.6) is 0 Å². The molecule has 166 valence electrons. The van der Waals surface area contributed by atoms with Gasteiger partial charge in [-0.1, -0.05) is 17.8 Å². The Morgan fingerprint density at radius 3 is 2.44 bits per heavy atom. The van der Waals surface area contributed by atoms with Gasteiger partial charge in [0.15, 0.2) is 5.13 Å². The van der Waals surface area contributed by atoms with Crippen molar-refractivity contribution >= 4 is 64.2 Å². The van der Waals surface area contributed by atoms with Gasteiger partial charge in [0.05, 0.1) is 30.3 Å². The molecule has 1 atom stereocenters. The van der Waals surface area contributed by atoms with Crippen LogP contribution in [0.25, 0.3) is 20.4 Å². The van der Waals surface area contributed by atoms with Crippen LogP contribution in [0.4, 0.5) is 5.13 Å². The van der Waals surface area contributed by atoms with Crippen LogP contribution in [-0.4, -0.2) is 41.2 Å². The Morgan fingerprint density at radius 1 is 1.03 bits per heavy atom. The van der Waals surface area contributed by atoms with E-state index in [1.54, 1.807) is 27.8 Å². The first-order valence-electron chi connectivity index (χ1n) is 10.4. The molecule has 5 rings (SSSR count). The number of anilines is 1. The van der Waals surface area contributed by atoms with Gasteiger partial charge in [0, 0.05) is 18.2 Å². The predicted molar refractivity (Wildman–Crippen MR) is 129 cm³/mol. The normalized spacial score (nSPS) is 17.8. The maximum absolute atomic E-state index is 13.0. The van der Waals surface area contributed by atoms with E-state index in [1.165, 1.54) is 23.5 Å². The van der Waals surface area contributed by atoms with Crippen LogP contribution < -0.4 is 5.32 Å². The van der Waals surface area contributed by atoms with Crippen molar-refractivity contribution < 1.29 is 13.2 Å². The van der Waals surface area contributed by atoms with Crippen LogP contribution in [0.2, 0.25) is 0 Å². The first-order valence-corrected chi connectivity index (χ1v) is 13.5. The molecule has 0 aliphatic carbocycles. The zero-order chi connectivity index (χ0) is 22.5. The fourth-order valence-corrected chi connectivity index (χ4v) is 7.75. The van der Waals surface area contributed by atoms with Crippen LogP contribution in [-0.2, 0) is 10.0 Å². The topological polar surface area (TPSA) is 92.3 Å². The predicted octanol–water partition coefficient (Wildman–Crippen LogP) is 5.03. The molecule has 1 saturated heterocycles. The lowest BCUT2D eigenvalue weighted by molar-refractivity contribution is 0.102. The van der Waals surface area contributed by atoms with E-state index in [0.717, 1.165) is 44.7 Å². The van der Waals surface area contributed by atoms with Gasteiger partial charge in [0.2, 0.25) is 10.0 Å². The summed E-state index contributed by atoms with van der Waals surface area (Å²) in [6, 6.07) is 9.95. The summed E-state index contributed by atoms with van der Waals surface area (Å²) in [5.41, 5.74) is 2.13. The number of thiazole rings is 2. The number of benzene rings is 2. The van der Waals surface area contributed by atoms with Crippen LogP contribution in [0, 0.1) is 6.92 Å². The van der Waals surface area contributed by atoms with Gasteiger partial charge in [-0.15, -0.1) is 11.3 Å². The summed E-state index contributed by atoms with van der Waals surface area (Å²) in [5.74, 6) is -0.323. The van der Waals surface area contributed by atoms with Crippen LogP contribution in [0.15, 0.2) is 41.3 Å². The maximum atomic E-state index is 13.0. The zero-order valence-electron chi connectivity index (χ0n) is 17.7. The fourth-order valence-electron chi connectivity index (χ4n) is 4.05.